The van der Waals surface area contributed by atoms with Crippen LogP contribution in [0, 0.1) is 6.92 Å². The number of aromatic hydroxyl groups is 1. The lowest BCUT2D eigenvalue weighted by molar-refractivity contribution is -0.117. The van der Waals surface area contributed by atoms with Crippen molar-refractivity contribution in [3.8, 4) is 5.75 Å². The van der Waals surface area contributed by atoms with Crippen molar-refractivity contribution in [3.63, 3.8) is 0 Å². The molecule has 0 atom stereocenters. The van der Waals surface area contributed by atoms with Gasteiger partial charge in [-0.25, -0.2) is 0 Å². The fourth-order valence-corrected chi connectivity index (χ4v) is 1.31. The molecule has 0 amide bonds. The van der Waals surface area contributed by atoms with Crippen molar-refractivity contribution in [1.82, 2.24) is 0 Å². The highest BCUT2D eigenvalue weighted by molar-refractivity contribution is 5.80. The summed E-state index contributed by atoms with van der Waals surface area (Å²) in [4.78, 5) is 10.2. The van der Waals surface area contributed by atoms with Crippen molar-refractivity contribution in [3.05, 3.63) is 29.8 Å². The second-order valence-corrected chi connectivity index (χ2v) is 3.58. The van der Waals surface area contributed by atoms with E-state index in [1.165, 1.54) is 5.56 Å². The first-order valence-electron chi connectivity index (χ1n) is 4.96. The van der Waals surface area contributed by atoms with Gasteiger partial charge in [-0.1, -0.05) is 17.7 Å². The van der Waals surface area contributed by atoms with Crippen LogP contribution >= 0.6 is 0 Å². The van der Waals surface area contributed by atoms with Gasteiger partial charge in [-0.15, -0.1) is 0 Å². The van der Waals surface area contributed by atoms with E-state index in [0.717, 1.165) is 25.7 Å². The number of rotatable bonds is 0. The average Bonchev–Trinajstić information content (AvgIpc) is 2.63. The van der Waals surface area contributed by atoms with Gasteiger partial charge in [0.2, 0.25) is 0 Å². The number of ketones is 1. The summed E-state index contributed by atoms with van der Waals surface area (Å²) >= 11 is 0. The third kappa shape index (κ3) is 4.08. The van der Waals surface area contributed by atoms with Crippen molar-refractivity contribution < 1.29 is 9.90 Å². The SMILES string of the molecule is Cc1ccc(O)cc1.O=C1CCCC1. The molecule has 1 aromatic rings. The largest absolute Gasteiger partial charge is 0.508 e. The van der Waals surface area contributed by atoms with Gasteiger partial charge in [0.1, 0.15) is 11.5 Å². The molecule has 1 aromatic carbocycles. The highest BCUT2D eigenvalue weighted by atomic mass is 16.3. The fourth-order valence-electron chi connectivity index (χ4n) is 1.31. The maximum Gasteiger partial charge on any atom is 0.132 e. The molecule has 0 spiro atoms. The minimum absolute atomic E-state index is 0.329. The van der Waals surface area contributed by atoms with Gasteiger partial charge in [-0.2, -0.15) is 0 Å². The molecular formula is C12H16O2. The van der Waals surface area contributed by atoms with Crippen LogP contribution in [0.5, 0.6) is 5.75 Å². The topological polar surface area (TPSA) is 37.3 Å². The summed E-state index contributed by atoms with van der Waals surface area (Å²) in [5, 5.41) is 8.76. The molecule has 1 aliphatic rings. The van der Waals surface area contributed by atoms with Crippen LogP contribution in [0.4, 0.5) is 0 Å². The lowest BCUT2D eigenvalue weighted by atomic mass is 10.2. The number of phenols is 1. The molecule has 76 valence electrons. The van der Waals surface area contributed by atoms with E-state index in [1.807, 2.05) is 19.1 Å². The quantitative estimate of drug-likeness (QED) is 0.686. The second kappa shape index (κ2) is 5.43. The Kier molecular flexibility index (Phi) is 4.17. The summed E-state index contributed by atoms with van der Waals surface area (Å²) in [6, 6.07) is 7.09. The predicted molar refractivity (Wildman–Crippen MR) is 56.3 cm³/mol. The van der Waals surface area contributed by atoms with Crippen molar-refractivity contribution in [2.45, 2.75) is 32.6 Å². The molecule has 0 heterocycles. The lowest BCUT2D eigenvalue weighted by Crippen LogP contribution is -1.81. The van der Waals surface area contributed by atoms with Gasteiger partial charge in [-0.3, -0.25) is 4.79 Å². The summed E-state index contributed by atoms with van der Waals surface area (Å²) < 4.78 is 0. The zero-order chi connectivity index (χ0) is 10.4. The third-order valence-corrected chi connectivity index (χ3v) is 2.20. The molecule has 0 aromatic heterocycles. The molecule has 1 aliphatic carbocycles. The number of aryl methyl sites for hydroxylation is 1. The smallest absolute Gasteiger partial charge is 0.132 e. The number of Topliss-reactive ketones (excluding diaryl/α,β-unsaturated/α-hetero) is 1. The molecule has 2 nitrogen and oxygen atoms in total. The summed E-state index contributed by atoms with van der Waals surface area (Å²) in [5.41, 5.74) is 1.17. The average molecular weight is 192 g/mol. The number of carbonyl (C=O) groups is 1. The van der Waals surface area contributed by atoms with E-state index in [9.17, 15) is 4.79 Å². The molecule has 2 heteroatoms. The fraction of sp³-hybridized carbons (Fsp3) is 0.417. The van der Waals surface area contributed by atoms with E-state index in [2.05, 4.69) is 0 Å². The highest BCUT2D eigenvalue weighted by Crippen LogP contribution is 2.11. The molecule has 0 unspecified atom stereocenters. The van der Waals surface area contributed by atoms with E-state index < -0.39 is 0 Å². The predicted octanol–water partition coefficient (Wildman–Crippen LogP) is 2.83. The molecule has 0 bridgehead atoms. The number of hydrogen-bond acceptors (Lipinski definition) is 2. The van der Waals surface area contributed by atoms with E-state index in [1.54, 1.807) is 12.1 Å². The molecule has 1 N–H and O–H groups in total. The summed E-state index contributed by atoms with van der Waals surface area (Å²) in [6.45, 7) is 1.99. The lowest BCUT2D eigenvalue weighted by Gasteiger charge is -1.89. The van der Waals surface area contributed by atoms with Crippen molar-refractivity contribution in [2.75, 3.05) is 0 Å². The standard InChI is InChI=1S/C7H8O.C5H8O/c1-6-2-4-7(8)5-3-6;6-5-3-1-2-4-5/h2-5,8H,1H3;1-4H2. The molecule has 2 rings (SSSR count). The zero-order valence-corrected chi connectivity index (χ0v) is 8.49. The van der Waals surface area contributed by atoms with Crippen LogP contribution in [-0.4, -0.2) is 10.9 Å². The molecular weight excluding hydrogens is 176 g/mol. The van der Waals surface area contributed by atoms with E-state index in [4.69, 9.17) is 5.11 Å². The van der Waals surface area contributed by atoms with Crippen molar-refractivity contribution >= 4 is 5.78 Å². The normalized spacial score (nSPS) is 14.8. The Labute approximate surface area is 84.6 Å². The van der Waals surface area contributed by atoms with Crippen LogP contribution in [-0.2, 0) is 4.79 Å². The first-order valence-corrected chi connectivity index (χ1v) is 4.96. The maximum absolute atomic E-state index is 10.2. The molecule has 0 aliphatic heterocycles. The third-order valence-electron chi connectivity index (χ3n) is 2.20. The van der Waals surface area contributed by atoms with Gasteiger partial charge >= 0.3 is 0 Å². The molecule has 1 fully saturated rings. The summed E-state index contributed by atoms with van der Waals surface area (Å²) in [7, 11) is 0. The zero-order valence-electron chi connectivity index (χ0n) is 8.49. The van der Waals surface area contributed by atoms with Gasteiger partial charge < -0.3 is 5.11 Å². The summed E-state index contributed by atoms with van der Waals surface area (Å²) in [6.07, 6.45) is 3.97. The molecule has 0 radical (unpaired) electrons. The van der Waals surface area contributed by atoms with Gasteiger partial charge in [-0.05, 0) is 31.9 Å². The maximum atomic E-state index is 10.2. The molecule has 14 heavy (non-hydrogen) atoms. The first kappa shape index (κ1) is 10.8. The van der Waals surface area contributed by atoms with Crippen LogP contribution in [0.2, 0.25) is 0 Å². The Bertz CT molecular complexity index is 259. The number of carbonyl (C=O) groups excluding carboxylic acids is 1. The van der Waals surface area contributed by atoms with Crippen LogP contribution in [0.3, 0.4) is 0 Å². The Hall–Kier alpha value is -1.31. The second-order valence-electron chi connectivity index (χ2n) is 3.58. The van der Waals surface area contributed by atoms with E-state index in [-0.39, 0.29) is 0 Å². The first-order chi connectivity index (χ1) is 6.68. The van der Waals surface area contributed by atoms with Crippen LogP contribution in [0.15, 0.2) is 24.3 Å². The van der Waals surface area contributed by atoms with E-state index >= 15 is 0 Å². The van der Waals surface area contributed by atoms with E-state index in [0.29, 0.717) is 11.5 Å². The monoisotopic (exact) mass is 192 g/mol. The molecule has 1 saturated carbocycles. The van der Waals surface area contributed by atoms with Gasteiger partial charge in [0.25, 0.3) is 0 Å². The van der Waals surface area contributed by atoms with Crippen molar-refractivity contribution in [2.24, 2.45) is 0 Å². The number of hydrogen-bond donors (Lipinski definition) is 1. The summed E-state index contributed by atoms with van der Waals surface area (Å²) in [5.74, 6) is 0.783. The van der Waals surface area contributed by atoms with Crippen LogP contribution in [0.1, 0.15) is 31.2 Å². The Morgan fingerprint density at radius 1 is 1.07 bits per heavy atom. The van der Waals surface area contributed by atoms with Crippen LogP contribution in [0.25, 0.3) is 0 Å². The minimum Gasteiger partial charge on any atom is -0.508 e. The number of benzene rings is 1. The van der Waals surface area contributed by atoms with Gasteiger partial charge in [0.05, 0.1) is 0 Å². The van der Waals surface area contributed by atoms with Crippen LogP contribution < -0.4 is 0 Å². The Balaban J connectivity index is 0.000000146. The molecule has 0 saturated heterocycles. The Morgan fingerprint density at radius 3 is 1.86 bits per heavy atom. The minimum atomic E-state index is 0.329. The van der Waals surface area contributed by atoms with Gasteiger partial charge in [0.15, 0.2) is 0 Å². The highest BCUT2D eigenvalue weighted by Gasteiger charge is 2.07. The van der Waals surface area contributed by atoms with Crippen molar-refractivity contribution in [1.29, 1.82) is 0 Å². The number of phenolic OH excluding ortho intramolecular Hbond substituents is 1. The Morgan fingerprint density at radius 2 is 1.57 bits per heavy atom. The van der Waals surface area contributed by atoms with Gasteiger partial charge in [0, 0.05) is 12.8 Å².